The highest BCUT2D eigenvalue weighted by Gasteiger charge is 2.62. The van der Waals surface area contributed by atoms with Crippen LogP contribution in [0.25, 0.3) is 0 Å². The number of carbonyl (C=O) groups excluding carboxylic acids is 1. The topological polar surface area (TPSA) is 66.8 Å². The molecule has 4 nitrogen and oxygen atoms in total. The summed E-state index contributed by atoms with van der Waals surface area (Å²) >= 11 is 0. The summed E-state index contributed by atoms with van der Waals surface area (Å²) in [5.74, 6) is 1.81. The van der Waals surface area contributed by atoms with Crippen LogP contribution in [0, 0.1) is 34.5 Å². The van der Waals surface area contributed by atoms with E-state index >= 15 is 0 Å². The smallest absolute Gasteiger partial charge is 0.302 e. The predicted octanol–water partition coefficient (Wildman–Crippen LogP) is 3.29. The van der Waals surface area contributed by atoms with Gasteiger partial charge in [0, 0.05) is 12.3 Å². The van der Waals surface area contributed by atoms with Crippen LogP contribution in [0.5, 0.6) is 0 Å². The molecule has 0 spiro atoms. The summed E-state index contributed by atoms with van der Waals surface area (Å²) in [6.07, 6.45) is 7.44. The summed E-state index contributed by atoms with van der Waals surface area (Å²) < 4.78 is 5.70. The Morgan fingerprint density at radius 1 is 0.920 bits per heavy atom. The van der Waals surface area contributed by atoms with E-state index in [0.717, 1.165) is 44.9 Å². The molecule has 0 amide bonds. The zero-order valence-electron chi connectivity index (χ0n) is 15.9. The molecule has 0 saturated heterocycles. The molecule has 2 N–H and O–H groups in total. The number of rotatable bonds is 1. The number of esters is 1. The van der Waals surface area contributed by atoms with E-state index in [-0.39, 0.29) is 41.0 Å². The molecule has 0 unspecified atom stereocenters. The lowest BCUT2D eigenvalue weighted by molar-refractivity contribution is -0.181. The maximum atomic E-state index is 11.5. The lowest BCUT2D eigenvalue weighted by Crippen LogP contribution is -2.58. The van der Waals surface area contributed by atoms with Crippen LogP contribution in [0.4, 0.5) is 0 Å². The van der Waals surface area contributed by atoms with Gasteiger partial charge < -0.3 is 14.9 Å². The fourth-order valence-corrected chi connectivity index (χ4v) is 7.62. The highest BCUT2D eigenvalue weighted by molar-refractivity contribution is 5.66. The second-order valence-corrected chi connectivity index (χ2v) is 9.94. The van der Waals surface area contributed by atoms with Crippen molar-refractivity contribution in [2.24, 2.45) is 34.5 Å². The van der Waals surface area contributed by atoms with E-state index in [1.807, 2.05) is 0 Å². The highest BCUT2D eigenvalue weighted by atomic mass is 16.5. The molecule has 0 aromatic carbocycles. The molecule has 25 heavy (non-hydrogen) atoms. The van der Waals surface area contributed by atoms with E-state index in [1.54, 1.807) is 0 Å². The second-order valence-electron chi connectivity index (χ2n) is 9.94. The molecule has 4 fully saturated rings. The zero-order valence-corrected chi connectivity index (χ0v) is 15.9. The van der Waals surface area contributed by atoms with Crippen molar-refractivity contribution in [1.82, 2.24) is 0 Å². The predicted molar refractivity (Wildman–Crippen MR) is 94.7 cm³/mol. The van der Waals surface area contributed by atoms with E-state index in [4.69, 9.17) is 4.74 Å². The van der Waals surface area contributed by atoms with Gasteiger partial charge in [0.1, 0.15) is 6.10 Å². The Morgan fingerprint density at radius 2 is 1.60 bits per heavy atom. The quantitative estimate of drug-likeness (QED) is 0.712. The van der Waals surface area contributed by atoms with E-state index in [1.165, 1.54) is 13.3 Å². The molecule has 4 rings (SSSR count). The van der Waals surface area contributed by atoms with Gasteiger partial charge in [-0.25, -0.2) is 0 Å². The van der Waals surface area contributed by atoms with Crippen LogP contribution in [0.1, 0.15) is 72.1 Å². The number of aliphatic hydroxyl groups excluding tert-OH is 2. The molecule has 9 atom stereocenters. The Bertz CT molecular complexity index is 548. The summed E-state index contributed by atoms with van der Waals surface area (Å²) in [5.41, 5.74) is 0.229. The van der Waals surface area contributed by atoms with Gasteiger partial charge in [-0.15, -0.1) is 0 Å². The Labute approximate surface area is 151 Å². The van der Waals surface area contributed by atoms with Crippen LogP contribution >= 0.6 is 0 Å². The van der Waals surface area contributed by atoms with E-state index < -0.39 is 0 Å². The monoisotopic (exact) mass is 350 g/mol. The summed E-state index contributed by atoms with van der Waals surface area (Å²) in [6.45, 7) is 6.22. The van der Waals surface area contributed by atoms with Gasteiger partial charge in [0.2, 0.25) is 0 Å². The molecule has 142 valence electrons. The fraction of sp³-hybridized carbons (Fsp3) is 0.952. The maximum absolute atomic E-state index is 11.5. The molecule has 0 bridgehead atoms. The number of fused-ring (bicyclic) bond motifs is 5. The molecule has 4 saturated carbocycles. The van der Waals surface area contributed by atoms with Gasteiger partial charge in [0.15, 0.2) is 0 Å². The van der Waals surface area contributed by atoms with Crippen molar-refractivity contribution in [3.05, 3.63) is 0 Å². The van der Waals surface area contributed by atoms with Crippen molar-refractivity contribution in [3.63, 3.8) is 0 Å². The maximum Gasteiger partial charge on any atom is 0.302 e. The van der Waals surface area contributed by atoms with Crippen molar-refractivity contribution in [3.8, 4) is 0 Å². The minimum Gasteiger partial charge on any atom is -0.462 e. The number of carbonyl (C=O) groups is 1. The Hall–Kier alpha value is -0.610. The largest absolute Gasteiger partial charge is 0.462 e. The number of ether oxygens (including phenoxy) is 1. The van der Waals surface area contributed by atoms with Crippen molar-refractivity contribution in [1.29, 1.82) is 0 Å². The number of hydrogen-bond donors (Lipinski definition) is 2. The highest BCUT2D eigenvalue weighted by Crippen LogP contribution is 2.66. The van der Waals surface area contributed by atoms with Gasteiger partial charge in [-0.2, -0.15) is 0 Å². The second kappa shape index (κ2) is 5.95. The van der Waals surface area contributed by atoms with Crippen molar-refractivity contribution in [2.75, 3.05) is 0 Å². The van der Waals surface area contributed by atoms with Gasteiger partial charge >= 0.3 is 5.97 Å². The average molecular weight is 350 g/mol. The molecule has 0 heterocycles. The molecule has 0 radical (unpaired) electrons. The Kier molecular flexibility index (Phi) is 4.23. The van der Waals surface area contributed by atoms with E-state index in [0.29, 0.717) is 17.8 Å². The van der Waals surface area contributed by atoms with E-state index in [2.05, 4.69) is 13.8 Å². The van der Waals surface area contributed by atoms with Gasteiger partial charge in [-0.1, -0.05) is 13.8 Å². The molecule has 0 aromatic heterocycles. The number of aliphatic hydroxyl groups is 2. The zero-order chi connectivity index (χ0) is 18.0. The standard InChI is InChI=1S/C21H34O4/c1-12(22)25-19-5-4-15-14-11-18(24)17-10-13(23)6-8-20(17,2)16(14)7-9-21(15,19)3/h13-19,23-24H,4-11H2,1-3H3/t13-,14-,15+,16+,17-,18+,19+,20+,21-/m0/s1. The first kappa shape index (κ1) is 17.8. The van der Waals surface area contributed by atoms with Gasteiger partial charge in [-0.3, -0.25) is 4.79 Å². The number of hydrogen-bond acceptors (Lipinski definition) is 4. The SMILES string of the molecule is CC(=O)O[C@@H]1CC[C@@H]2[C@@H]3C[C@@H](O)[C@@H]4C[C@@H](O)CC[C@]4(C)[C@@H]3CC[C@@]21C. The van der Waals surface area contributed by atoms with Crippen LogP contribution in [0.3, 0.4) is 0 Å². The van der Waals surface area contributed by atoms with Crippen molar-refractivity contribution in [2.45, 2.75) is 90.4 Å². The molecule has 4 aliphatic carbocycles. The lowest BCUT2D eigenvalue weighted by atomic mass is 9.44. The lowest BCUT2D eigenvalue weighted by Gasteiger charge is -2.61. The van der Waals surface area contributed by atoms with Crippen LogP contribution in [-0.4, -0.2) is 34.5 Å². The first-order valence-corrected chi connectivity index (χ1v) is 10.3. The Morgan fingerprint density at radius 3 is 2.32 bits per heavy atom. The van der Waals surface area contributed by atoms with E-state index in [9.17, 15) is 15.0 Å². The first-order valence-electron chi connectivity index (χ1n) is 10.3. The summed E-state index contributed by atoms with van der Waals surface area (Å²) in [7, 11) is 0. The first-order chi connectivity index (χ1) is 11.8. The summed E-state index contributed by atoms with van der Waals surface area (Å²) in [6, 6.07) is 0. The Balaban J connectivity index is 1.61. The van der Waals surface area contributed by atoms with Crippen molar-refractivity contribution < 1.29 is 19.7 Å². The fourth-order valence-electron chi connectivity index (χ4n) is 7.62. The molecule has 4 heteroatoms. The van der Waals surface area contributed by atoms with Crippen LogP contribution in [-0.2, 0) is 9.53 Å². The van der Waals surface area contributed by atoms with Crippen LogP contribution in [0.2, 0.25) is 0 Å². The third kappa shape index (κ3) is 2.58. The third-order valence-electron chi connectivity index (χ3n) is 8.87. The average Bonchev–Trinajstić information content (AvgIpc) is 2.86. The normalized spacial score (nSPS) is 55.0. The molecular weight excluding hydrogens is 316 g/mol. The van der Waals surface area contributed by atoms with Gasteiger partial charge in [-0.05, 0) is 80.5 Å². The summed E-state index contributed by atoms with van der Waals surface area (Å²) in [5, 5.41) is 21.1. The van der Waals surface area contributed by atoms with Gasteiger partial charge in [0.05, 0.1) is 12.2 Å². The third-order valence-corrected chi connectivity index (χ3v) is 8.87. The molecule has 0 aliphatic heterocycles. The molecule has 4 aliphatic rings. The molecular formula is C21H34O4. The van der Waals surface area contributed by atoms with Gasteiger partial charge in [0.25, 0.3) is 0 Å². The summed E-state index contributed by atoms with van der Waals surface area (Å²) in [4.78, 5) is 11.5. The minimum atomic E-state index is -0.295. The van der Waals surface area contributed by atoms with Crippen LogP contribution < -0.4 is 0 Å². The van der Waals surface area contributed by atoms with Crippen LogP contribution in [0.15, 0.2) is 0 Å². The molecule has 0 aromatic rings. The van der Waals surface area contributed by atoms with Crippen molar-refractivity contribution >= 4 is 5.97 Å². The minimum absolute atomic E-state index is 0.0480.